The zero-order valence-electron chi connectivity index (χ0n) is 10.0. The van der Waals surface area contributed by atoms with Crippen molar-refractivity contribution >= 4 is 17.3 Å². The summed E-state index contributed by atoms with van der Waals surface area (Å²) in [6, 6.07) is 4.81. The van der Waals surface area contributed by atoms with E-state index < -0.39 is 5.82 Å². The normalized spacial score (nSPS) is 10.9. The molecular formula is C12H17ClFNO2. The summed E-state index contributed by atoms with van der Waals surface area (Å²) in [6.45, 7) is 5.23. The summed E-state index contributed by atoms with van der Waals surface area (Å²) in [4.78, 5) is 0. The lowest BCUT2D eigenvalue weighted by atomic mass is 10.3. The van der Waals surface area contributed by atoms with E-state index in [1.54, 1.807) is 12.1 Å². The molecular weight excluding hydrogens is 245 g/mol. The Bertz CT molecular complexity index is 343. The molecule has 1 aromatic rings. The van der Waals surface area contributed by atoms with E-state index in [0.29, 0.717) is 25.4 Å². The molecule has 0 fully saturated rings. The molecule has 5 heteroatoms. The number of hydrogen-bond donors (Lipinski definition) is 1. The van der Waals surface area contributed by atoms with Crippen molar-refractivity contribution in [2.24, 2.45) is 0 Å². The lowest BCUT2D eigenvalue weighted by Crippen LogP contribution is -2.26. The number of hydrogen-bond acceptors (Lipinski definition) is 3. The third-order valence-corrected chi connectivity index (χ3v) is 2.41. The van der Waals surface area contributed by atoms with Gasteiger partial charge in [-0.1, -0.05) is 17.7 Å². The Labute approximate surface area is 106 Å². The molecule has 1 rings (SSSR count). The fourth-order valence-corrected chi connectivity index (χ4v) is 1.55. The Balaban J connectivity index is 2.55. The van der Waals surface area contributed by atoms with E-state index in [1.807, 2.05) is 13.8 Å². The summed E-state index contributed by atoms with van der Waals surface area (Å²) < 4.78 is 24.2. The van der Waals surface area contributed by atoms with E-state index in [0.717, 1.165) is 0 Å². The molecule has 0 heterocycles. The van der Waals surface area contributed by atoms with Gasteiger partial charge in [-0.3, -0.25) is 0 Å². The zero-order valence-corrected chi connectivity index (χ0v) is 10.8. The minimum atomic E-state index is -0.457. The molecule has 0 spiro atoms. The fraction of sp³-hybridized carbons (Fsp3) is 0.500. The van der Waals surface area contributed by atoms with Gasteiger partial charge in [0.15, 0.2) is 12.1 Å². The van der Waals surface area contributed by atoms with Crippen LogP contribution in [0.5, 0.6) is 0 Å². The second-order valence-corrected chi connectivity index (χ2v) is 3.73. The van der Waals surface area contributed by atoms with Crippen LogP contribution in [0.4, 0.5) is 10.1 Å². The molecule has 0 aliphatic carbocycles. The van der Waals surface area contributed by atoms with E-state index >= 15 is 0 Å². The highest BCUT2D eigenvalue weighted by Gasteiger charge is 2.10. The highest BCUT2D eigenvalue weighted by atomic mass is 35.5. The molecule has 0 saturated heterocycles. The molecule has 0 bridgehead atoms. The quantitative estimate of drug-likeness (QED) is 0.764. The minimum Gasteiger partial charge on any atom is -0.378 e. The number of halogens is 2. The van der Waals surface area contributed by atoms with Gasteiger partial charge in [-0.2, -0.15) is 0 Å². The van der Waals surface area contributed by atoms with Gasteiger partial charge in [0.2, 0.25) is 0 Å². The van der Waals surface area contributed by atoms with Crippen LogP contribution in [0.2, 0.25) is 5.02 Å². The van der Waals surface area contributed by atoms with E-state index in [-0.39, 0.29) is 11.3 Å². The monoisotopic (exact) mass is 261 g/mol. The number of anilines is 1. The lowest BCUT2D eigenvalue weighted by Gasteiger charge is -2.18. The molecule has 0 amide bonds. The number of benzene rings is 1. The van der Waals surface area contributed by atoms with Crippen molar-refractivity contribution in [3.63, 3.8) is 0 Å². The van der Waals surface area contributed by atoms with E-state index in [2.05, 4.69) is 5.32 Å². The predicted molar refractivity (Wildman–Crippen MR) is 66.9 cm³/mol. The third kappa shape index (κ3) is 4.50. The average molecular weight is 262 g/mol. The molecule has 3 nitrogen and oxygen atoms in total. The average Bonchev–Trinajstić information content (AvgIpc) is 2.31. The Morgan fingerprint density at radius 1 is 1.29 bits per heavy atom. The molecule has 0 atom stereocenters. The van der Waals surface area contributed by atoms with Crippen molar-refractivity contribution in [1.82, 2.24) is 0 Å². The molecule has 0 radical (unpaired) electrons. The summed E-state index contributed by atoms with van der Waals surface area (Å²) >= 11 is 5.67. The first-order valence-corrected chi connectivity index (χ1v) is 5.97. The molecule has 0 unspecified atom stereocenters. The molecule has 17 heavy (non-hydrogen) atoms. The SMILES string of the molecule is CCOC(CNc1cccc(Cl)c1F)OCC. The Morgan fingerprint density at radius 2 is 1.94 bits per heavy atom. The highest BCUT2D eigenvalue weighted by Crippen LogP contribution is 2.21. The molecule has 0 aliphatic rings. The smallest absolute Gasteiger partial charge is 0.174 e. The van der Waals surface area contributed by atoms with Gasteiger partial charge in [-0.15, -0.1) is 0 Å². The van der Waals surface area contributed by atoms with Crippen molar-refractivity contribution < 1.29 is 13.9 Å². The summed E-state index contributed by atoms with van der Waals surface area (Å²) in [5.41, 5.74) is 0.349. The van der Waals surface area contributed by atoms with Gasteiger partial charge >= 0.3 is 0 Å². The van der Waals surface area contributed by atoms with E-state index in [1.165, 1.54) is 6.07 Å². The number of ether oxygens (including phenoxy) is 2. The Kier molecular flexibility index (Phi) is 6.26. The van der Waals surface area contributed by atoms with Gasteiger partial charge < -0.3 is 14.8 Å². The van der Waals surface area contributed by atoms with Gasteiger partial charge in [0.1, 0.15) is 0 Å². The first kappa shape index (κ1) is 14.2. The van der Waals surface area contributed by atoms with Crippen LogP contribution in [-0.2, 0) is 9.47 Å². The Hall–Kier alpha value is -0.840. The maximum atomic E-state index is 13.5. The van der Waals surface area contributed by atoms with E-state index in [4.69, 9.17) is 21.1 Å². The van der Waals surface area contributed by atoms with Crippen molar-refractivity contribution in [1.29, 1.82) is 0 Å². The Morgan fingerprint density at radius 3 is 2.53 bits per heavy atom. The van der Waals surface area contributed by atoms with Crippen molar-refractivity contribution in [3.05, 3.63) is 29.0 Å². The van der Waals surface area contributed by atoms with Crippen LogP contribution in [0.25, 0.3) is 0 Å². The number of rotatable bonds is 7. The van der Waals surface area contributed by atoms with Gasteiger partial charge in [-0.05, 0) is 26.0 Å². The maximum absolute atomic E-state index is 13.5. The summed E-state index contributed by atoms with van der Waals surface area (Å²) in [6.07, 6.45) is -0.386. The maximum Gasteiger partial charge on any atom is 0.174 e. The molecule has 0 saturated carbocycles. The van der Waals surface area contributed by atoms with Gasteiger partial charge in [0, 0.05) is 13.2 Å². The van der Waals surface area contributed by atoms with Crippen LogP contribution < -0.4 is 5.32 Å². The largest absolute Gasteiger partial charge is 0.378 e. The van der Waals surface area contributed by atoms with Crippen molar-refractivity contribution in [3.8, 4) is 0 Å². The molecule has 96 valence electrons. The molecule has 0 aromatic heterocycles. The minimum absolute atomic E-state index is 0.0966. The van der Waals surface area contributed by atoms with Crippen LogP contribution in [-0.4, -0.2) is 26.0 Å². The van der Waals surface area contributed by atoms with Crippen LogP contribution in [0, 0.1) is 5.82 Å². The lowest BCUT2D eigenvalue weighted by molar-refractivity contribution is -0.126. The van der Waals surface area contributed by atoms with Crippen LogP contribution in [0.1, 0.15) is 13.8 Å². The van der Waals surface area contributed by atoms with Crippen LogP contribution in [0.3, 0.4) is 0 Å². The zero-order chi connectivity index (χ0) is 12.7. The third-order valence-electron chi connectivity index (χ3n) is 2.12. The number of nitrogens with one attached hydrogen (secondary N) is 1. The summed E-state index contributed by atoms with van der Waals surface area (Å²) in [7, 11) is 0. The van der Waals surface area contributed by atoms with Crippen LogP contribution >= 0.6 is 11.6 Å². The van der Waals surface area contributed by atoms with Gasteiger partial charge in [0.25, 0.3) is 0 Å². The van der Waals surface area contributed by atoms with E-state index in [9.17, 15) is 4.39 Å². The highest BCUT2D eigenvalue weighted by molar-refractivity contribution is 6.31. The molecule has 0 aliphatic heterocycles. The fourth-order valence-electron chi connectivity index (χ4n) is 1.37. The first-order chi connectivity index (χ1) is 8.19. The predicted octanol–water partition coefficient (Wildman–Crippen LogP) is 3.29. The second kappa shape index (κ2) is 7.48. The standard InChI is InChI=1S/C12H17ClFNO2/c1-3-16-11(17-4-2)8-15-10-7-5-6-9(13)12(10)14/h5-7,11,15H,3-4,8H2,1-2H3. The van der Waals surface area contributed by atoms with Crippen molar-refractivity contribution in [2.75, 3.05) is 25.1 Å². The topological polar surface area (TPSA) is 30.5 Å². The first-order valence-electron chi connectivity index (χ1n) is 5.60. The van der Waals surface area contributed by atoms with Crippen molar-refractivity contribution in [2.45, 2.75) is 20.1 Å². The second-order valence-electron chi connectivity index (χ2n) is 3.32. The molecule has 1 N–H and O–H groups in total. The summed E-state index contributed by atoms with van der Waals surface area (Å²) in [5.74, 6) is -0.457. The summed E-state index contributed by atoms with van der Waals surface area (Å²) in [5, 5.41) is 3.01. The van der Waals surface area contributed by atoms with Gasteiger partial charge in [0.05, 0.1) is 17.3 Å². The van der Waals surface area contributed by atoms with Gasteiger partial charge in [-0.25, -0.2) is 4.39 Å². The van der Waals surface area contributed by atoms with Crippen LogP contribution in [0.15, 0.2) is 18.2 Å². The molecule has 1 aromatic carbocycles.